The molecule has 1 aliphatic rings. The Kier molecular flexibility index (Phi) is 6.66. The van der Waals surface area contributed by atoms with E-state index in [-0.39, 0.29) is 30.5 Å². The number of carbonyl (C=O) groups is 1. The Balaban J connectivity index is 1.76. The Labute approximate surface area is 139 Å². The molecule has 0 amide bonds. The highest BCUT2D eigenvalue weighted by Gasteiger charge is 2.39. The molecule has 0 spiro atoms. The van der Waals surface area contributed by atoms with Gasteiger partial charge in [-0.2, -0.15) is 0 Å². The van der Waals surface area contributed by atoms with E-state index in [9.17, 15) is 9.18 Å². The quantitative estimate of drug-likeness (QED) is 0.602. The average molecular weight is 349 g/mol. The lowest BCUT2D eigenvalue weighted by Crippen LogP contribution is -2.14. The summed E-state index contributed by atoms with van der Waals surface area (Å²) in [6.07, 6.45) is 2.50. The van der Waals surface area contributed by atoms with Crippen molar-refractivity contribution in [2.45, 2.75) is 44.2 Å². The summed E-state index contributed by atoms with van der Waals surface area (Å²) in [6, 6.07) is 3.69. The van der Waals surface area contributed by atoms with Crippen LogP contribution in [0.25, 0.3) is 0 Å². The van der Waals surface area contributed by atoms with E-state index < -0.39 is 6.17 Å². The van der Waals surface area contributed by atoms with Gasteiger partial charge < -0.3 is 9.84 Å². The second-order valence-corrected chi connectivity index (χ2v) is 7.51. The molecule has 0 radical (unpaired) electrons. The number of aliphatic hydroxyl groups is 1. The van der Waals surface area contributed by atoms with E-state index >= 15 is 0 Å². The number of carbonyl (C=O) groups excluding carboxylic acids is 1. The fourth-order valence-corrected chi connectivity index (χ4v) is 4.23. The monoisotopic (exact) mass is 348 g/mol. The maximum atomic E-state index is 13.6. The van der Waals surface area contributed by atoms with E-state index in [4.69, 9.17) is 21.4 Å². The predicted octanol–water partition coefficient (Wildman–Crippen LogP) is 3.82. The molecular formula is C16H22ClFO3S. The van der Waals surface area contributed by atoms with Crippen molar-refractivity contribution in [3.05, 3.63) is 21.9 Å². The SMILES string of the molecule is CC1C(Cl)C(F)C[C@@H]1CCCc1ccc(C(=O)OCCO)s1. The third-order valence-electron chi connectivity index (χ3n) is 4.30. The molecule has 1 aromatic rings. The molecule has 22 heavy (non-hydrogen) atoms. The Morgan fingerprint density at radius 3 is 2.95 bits per heavy atom. The van der Waals surface area contributed by atoms with Crippen molar-refractivity contribution in [2.24, 2.45) is 11.8 Å². The van der Waals surface area contributed by atoms with E-state index in [0.717, 1.165) is 24.1 Å². The highest BCUT2D eigenvalue weighted by molar-refractivity contribution is 7.13. The van der Waals surface area contributed by atoms with Crippen LogP contribution in [0, 0.1) is 11.8 Å². The Morgan fingerprint density at radius 1 is 1.55 bits per heavy atom. The molecule has 0 bridgehead atoms. The zero-order valence-electron chi connectivity index (χ0n) is 12.6. The summed E-state index contributed by atoms with van der Waals surface area (Å²) in [5.74, 6) is 0.190. The van der Waals surface area contributed by atoms with Crippen LogP contribution in [0.4, 0.5) is 4.39 Å². The van der Waals surface area contributed by atoms with Crippen molar-refractivity contribution >= 4 is 28.9 Å². The van der Waals surface area contributed by atoms with Gasteiger partial charge in [0.25, 0.3) is 0 Å². The van der Waals surface area contributed by atoms with E-state index in [1.165, 1.54) is 11.3 Å². The number of alkyl halides is 2. The largest absolute Gasteiger partial charge is 0.459 e. The highest BCUT2D eigenvalue weighted by atomic mass is 35.5. The minimum absolute atomic E-state index is 0.0234. The average Bonchev–Trinajstić information content (AvgIpc) is 3.06. The van der Waals surface area contributed by atoms with Gasteiger partial charge in [0.2, 0.25) is 0 Å². The number of hydrogen-bond donors (Lipinski definition) is 1. The number of aliphatic hydroxyl groups excluding tert-OH is 1. The number of rotatable bonds is 7. The minimum Gasteiger partial charge on any atom is -0.459 e. The molecule has 3 nitrogen and oxygen atoms in total. The molecule has 2 rings (SSSR count). The molecule has 0 aromatic carbocycles. The van der Waals surface area contributed by atoms with Crippen LogP contribution >= 0.6 is 22.9 Å². The maximum absolute atomic E-state index is 13.6. The highest BCUT2D eigenvalue weighted by Crippen LogP contribution is 2.40. The number of hydrogen-bond acceptors (Lipinski definition) is 4. The molecule has 1 N–H and O–H groups in total. The van der Waals surface area contributed by atoms with Crippen LogP contribution in [-0.4, -0.2) is 35.8 Å². The van der Waals surface area contributed by atoms with Crippen molar-refractivity contribution < 1.29 is 19.0 Å². The Bertz CT molecular complexity index is 493. The van der Waals surface area contributed by atoms with Crippen LogP contribution in [0.2, 0.25) is 0 Å². The first-order chi connectivity index (χ1) is 10.5. The van der Waals surface area contributed by atoms with Crippen LogP contribution in [0.1, 0.15) is 40.7 Å². The Hall–Kier alpha value is -0.650. The number of aryl methyl sites for hydroxylation is 1. The summed E-state index contributed by atoms with van der Waals surface area (Å²) < 4.78 is 18.4. The number of ether oxygens (including phenoxy) is 1. The van der Waals surface area contributed by atoms with Gasteiger partial charge in [0.1, 0.15) is 17.7 Å². The van der Waals surface area contributed by atoms with Crippen molar-refractivity contribution in [1.82, 2.24) is 0 Å². The minimum atomic E-state index is -0.878. The summed E-state index contributed by atoms with van der Waals surface area (Å²) in [4.78, 5) is 13.3. The van der Waals surface area contributed by atoms with Gasteiger partial charge in [0, 0.05) is 4.88 Å². The van der Waals surface area contributed by atoms with E-state index in [0.29, 0.717) is 17.2 Å². The van der Waals surface area contributed by atoms with Gasteiger partial charge in [0.05, 0.1) is 12.0 Å². The summed E-state index contributed by atoms with van der Waals surface area (Å²) >= 11 is 7.46. The Morgan fingerprint density at radius 2 is 2.32 bits per heavy atom. The summed E-state index contributed by atoms with van der Waals surface area (Å²) in [7, 11) is 0. The third kappa shape index (κ3) is 4.43. The molecule has 1 aromatic heterocycles. The molecule has 0 saturated heterocycles. The lowest BCUT2D eigenvalue weighted by atomic mass is 9.92. The molecule has 1 aliphatic carbocycles. The number of esters is 1. The van der Waals surface area contributed by atoms with Crippen molar-refractivity contribution in [1.29, 1.82) is 0 Å². The van der Waals surface area contributed by atoms with E-state index in [1.54, 1.807) is 6.07 Å². The first-order valence-corrected chi connectivity index (χ1v) is 8.93. The second-order valence-electron chi connectivity index (χ2n) is 5.83. The lowest BCUT2D eigenvalue weighted by molar-refractivity contribution is 0.0439. The molecule has 6 heteroatoms. The van der Waals surface area contributed by atoms with Gasteiger partial charge in [0.15, 0.2) is 0 Å². The predicted molar refractivity (Wildman–Crippen MR) is 86.4 cm³/mol. The van der Waals surface area contributed by atoms with E-state index in [1.807, 2.05) is 13.0 Å². The fourth-order valence-electron chi connectivity index (χ4n) is 2.97. The fraction of sp³-hybridized carbons (Fsp3) is 0.688. The maximum Gasteiger partial charge on any atom is 0.348 e. The second kappa shape index (κ2) is 8.27. The first-order valence-electron chi connectivity index (χ1n) is 7.67. The molecular weight excluding hydrogens is 327 g/mol. The normalized spacial score (nSPS) is 28.0. The van der Waals surface area contributed by atoms with Gasteiger partial charge in [-0.3, -0.25) is 0 Å². The van der Waals surface area contributed by atoms with Gasteiger partial charge >= 0.3 is 5.97 Å². The van der Waals surface area contributed by atoms with Crippen molar-refractivity contribution in [3.63, 3.8) is 0 Å². The zero-order chi connectivity index (χ0) is 16.1. The van der Waals surface area contributed by atoms with E-state index in [2.05, 4.69) is 0 Å². The lowest BCUT2D eigenvalue weighted by Gasteiger charge is -2.15. The molecule has 0 aliphatic heterocycles. The van der Waals surface area contributed by atoms with Crippen LogP contribution in [0.5, 0.6) is 0 Å². The van der Waals surface area contributed by atoms with Crippen LogP contribution in [0.15, 0.2) is 12.1 Å². The molecule has 124 valence electrons. The molecule has 3 unspecified atom stereocenters. The smallest absolute Gasteiger partial charge is 0.348 e. The summed E-state index contributed by atoms with van der Waals surface area (Å²) in [5, 5.41) is 8.29. The van der Waals surface area contributed by atoms with Crippen molar-refractivity contribution in [3.8, 4) is 0 Å². The molecule has 1 fully saturated rings. The van der Waals surface area contributed by atoms with Gasteiger partial charge in [-0.1, -0.05) is 6.92 Å². The zero-order valence-corrected chi connectivity index (χ0v) is 14.2. The van der Waals surface area contributed by atoms with Crippen LogP contribution < -0.4 is 0 Å². The van der Waals surface area contributed by atoms with Gasteiger partial charge in [-0.25, -0.2) is 9.18 Å². The molecule has 4 atom stereocenters. The van der Waals surface area contributed by atoms with Gasteiger partial charge in [-0.05, 0) is 49.7 Å². The first kappa shape index (κ1) is 17.7. The number of thiophene rings is 1. The standard InChI is InChI=1S/C16H22ClFO3S/c1-10-11(9-13(18)15(10)17)3-2-4-12-5-6-14(22-12)16(20)21-8-7-19/h5-6,10-11,13,15,19H,2-4,7-9H2,1H3/t10?,11-,13?,15?/m0/s1. The third-order valence-corrected chi connectivity index (χ3v) is 6.10. The van der Waals surface area contributed by atoms with Crippen LogP contribution in [-0.2, 0) is 11.2 Å². The van der Waals surface area contributed by atoms with Crippen molar-refractivity contribution in [2.75, 3.05) is 13.2 Å². The van der Waals surface area contributed by atoms with Crippen LogP contribution in [0.3, 0.4) is 0 Å². The number of halogens is 2. The topological polar surface area (TPSA) is 46.5 Å². The summed E-state index contributed by atoms with van der Waals surface area (Å²) in [6.45, 7) is 1.89. The van der Waals surface area contributed by atoms with Gasteiger partial charge in [-0.15, -0.1) is 22.9 Å². The molecule has 1 heterocycles. The summed E-state index contributed by atoms with van der Waals surface area (Å²) in [5.41, 5.74) is 0. The molecule has 1 saturated carbocycles.